The molecule has 0 N–H and O–H groups in total. The molecule has 2 aliphatic carbocycles. The van der Waals surface area contributed by atoms with Crippen molar-refractivity contribution in [1.29, 1.82) is 0 Å². The summed E-state index contributed by atoms with van der Waals surface area (Å²) < 4.78 is 16.4. The highest BCUT2D eigenvalue weighted by atomic mass is 31.2. The van der Waals surface area contributed by atoms with Gasteiger partial charge in [-0.3, -0.25) is 0 Å². The molecule has 0 aromatic heterocycles. The molecular weight excluding hydrogens is 606 g/mol. The molecule has 0 fully saturated rings. The number of fused-ring (bicyclic) bond motifs is 2. The standard InChI is InChI=1S/C44H40OP2/c45-47(37-23-9-3-10-24-37,38-25-11-4-12-26-38)42-32-30-34-18-14-16-28-40(34)44(42)43-39-27-15-13-17-33(39)29-31-41(43)46(35-19-5-1-6-20-35)36-21-7-2-8-22-36/h1-12,14,16,18-26,28-29,31,42,44H,13,15,17,27,30,32H2/t42-,44+/m0/s1. The van der Waals surface area contributed by atoms with E-state index in [1.807, 2.05) is 12.1 Å². The van der Waals surface area contributed by atoms with Crippen LogP contribution in [0.25, 0.3) is 0 Å². The SMILES string of the molecule is O=P(c1ccccc1)(c1ccccc1)[C@H]1CCc2ccccc2[C@H]1c1c(P(c2ccccc2)c2ccccc2)ccc2c1CCCC2. The van der Waals surface area contributed by atoms with Crippen molar-refractivity contribution in [3.05, 3.63) is 186 Å². The van der Waals surface area contributed by atoms with E-state index in [0.717, 1.165) is 36.3 Å². The summed E-state index contributed by atoms with van der Waals surface area (Å²) in [6.45, 7) is 0. The number of hydrogen-bond acceptors (Lipinski definition) is 1. The second kappa shape index (κ2) is 13.2. The van der Waals surface area contributed by atoms with E-state index >= 15 is 4.57 Å². The highest BCUT2D eigenvalue weighted by molar-refractivity contribution is 7.80. The van der Waals surface area contributed by atoms with Gasteiger partial charge in [-0.2, -0.15) is 0 Å². The lowest BCUT2D eigenvalue weighted by molar-refractivity contribution is 0.546. The molecule has 2 atom stereocenters. The third-order valence-corrected chi connectivity index (χ3v) is 16.5. The van der Waals surface area contributed by atoms with Crippen LogP contribution in [-0.4, -0.2) is 5.66 Å². The first kappa shape index (κ1) is 30.3. The van der Waals surface area contributed by atoms with Gasteiger partial charge in [0.2, 0.25) is 0 Å². The molecule has 0 saturated heterocycles. The molecule has 6 aromatic rings. The number of rotatable bonds is 7. The normalized spacial score (nSPS) is 17.6. The van der Waals surface area contributed by atoms with Crippen molar-refractivity contribution in [2.24, 2.45) is 0 Å². The van der Waals surface area contributed by atoms with E-state index in [4.69, 9.17) is 0 Å². The maximum atomic E-state index is 16.4. The molecule has 0 unspecified atom stereocenters. The van der Waals surface area contributed by atoms with Crippen molar-refractivity contribution in [2.45, 2.75) is 50.1 Å². The lowest BCUT2D eigenvalue weighted by Gasteiger charge is -2.42. The van der Waals surface area contributed by atoms with Crippen molar-refractivity contribution >= 4 is 41.6 Å². The van der Waals surface area contributed by atoms with E-state index in [2.05, 4.69) is 146 Å². The van der Waals surface area contributed by atoms with Crippen LogP contribution in [0.4, 0.5) is 0 Å². The number of hydrogen-bond donors (Lipinski definition) is 0. The Labute approximate surface area is 280 Å². The summed E-state index contributed by atoms with van der Waals surface area (Å²) >= 11 is 0. The lowest BCUT2D eigenvalue weighted by atomic mass is 9.74. The third kappa shape index (κ3) is 5.55. The molecule has 8 rings (SSSR count). The molecule has 47 heavy (non-hydrogen) atoms. The minimum absolute atomic E-state index is 0.0201. The van der Waals surface area contributed by atoms with Crippen molar-refractivity contribution in [2.75, 3.05) is 0 Å². The van der Waals surface area contributed by atoms with Crippen molar-refractivity contribution < 1.29 is 4.57 Å². The van der Waals surface area contributed by atoms with Crippen LogP contribution < -0.4 is 26.5 Å². The van der Waals surface area contributed by atoms with Gasteiger partial charge in [0.15, 0.2) is 0 Å². The van der Waals surface area contributed by atoms with Gasteiger partial charge < -0.3 is 4.57 Å². The highest BCUT2D eigenvalue weighted by Crippen LogP contribution is 2.60. The number of aryl methyl sites for hydroxylation is 2. The first-order valence-corrected chi connectivity index (χ1v) is 20.2. The van der Waals surface area contributed by atoms with Crippen LogP contribution in [0.5, 0.6) is 0 Å². The molecular formula is C44H40OP2. The maximum absolute atomic E-state index is 16.4. The predicted molar refractivity (Wildman–Crippen MR) is 202 cm³/mol. The molecule has 2 aliphatic rings. The van der Waals surface area contributed by atoms with Gasteiger partial charge in [0.05, 0.1) is 0 Å². The molecule has 1 nitrogen and oxygen atoms in total. The van der Waals surface area contributed by atoms with Gasteiger partial charge in [-0.1, -0.05) is 158 Å². The highest BCUT2D eigenvalue weighted by Gasteiger charge is 2.46. The van der Waals surface area contributed by atoms with Crippen LogP contribution in [-0.2, 0) is 23.8 Å². The molecule has 232 valence electrons. The van der Waals surface area contributed by atoms with Crippen LogP contribution in [0.1, 0.15) is 53.0 Å². The summed E-state index contributed by atoms with van der Waals surface area (Å²) in [6, 6.07) is 57.0. The van der Waals surface area contributed by atoms with Crippen LogP contribution >= 0.6 is 15.1 Å². The Balaban J connectivity index is 1.45. The fraction of sp³-hybridized carbons (Fsp3) is 0.182. The molecule has 3 heteroatoms. The first-order valence-electron chi connectivity index (χ1n) is 17.1. The zero-order chi connectivity index (χ0) is 31.6. The van der Waals surface area contributed by atoms with E-state index < -0.39 is 15.1 Å². The van der Waals surface area contributed by atoms with Gasteiger partial charge in [0.1, 0.15) is 7.14 Å². The van der Waals surface area contributed by atoms with Crippen molar-refractivity contribution in [3.8, 4) is 0 Å². The quantitative estimate of drug-likeness (QED) is 0.159. The van der Waals surface area contributed by atoms with Gasteiger partial charge in [-0.05, 0) is 90.2 Å². The van der Waals surface area contributed by atoms with Gasteiger partial charge in [0, 0.05) is 22.2 Å². The van der Waals surface area contributed by atoms with Gasteiger partial charge in [-0.15, -0.1) is 0 Å². The Kier molecular flexibility index (Phi) is 8.54. The van der Waals surface area contributed by atoms with Gasteiger partial charge >= 0.3 is 0 Å². The van der Waals surface area contributed by atoms with Gasteiger partial charge in [-0.25, -0.2) is 0 Å². The molecule has 0 saturated carbocycles. The van der Waals surface area contributed by atoms with E-state index in [9.17, 15) is 0 Å². The van der Waals surface area contributed by atoms with Crippen molar-refractivity contribution in [1.82, 2.24) is 0 Å². The molecule has 0 spiro atoms. The fourth-order valence-corrected chi connectivity index (χ4v) is 14.3. The molecule has 0 heterocycles. The number of benzene rings is 6. The van der Waals surface area contributed by atoms with Crippen molar-refractivity contribution in [3.63, 3.8) is 0 Å². The second-order valence-electron chi connectivity index (χ2n) is 13.0. The Morgan fingerprint density at radius 1 is 0.511 bits per heavy atom. The summed E-state index contributed by atoms with van der Waals surface area (Å²) in [7, 11) is -3.95. The average Bonchev–Trinajstić information content (AvgIpc) is 3.16. The van der Waals surface area contributed by atoms with E-state index in [1.165, 1.54) is 56.6 Å². The summed E-state index contributed by atoms with van der Waals surface area (Å²) in [4.78, 5) is 0. The summed E-state index contributed by atoms with van der Waals surface area (Å²) in [5.74, 6) is 0.0201. The molecule has 0 bridgehead atoms. The summed E-state index contributed by atoms with van der Waals surface area (Å²) in [5, 5.41) is 6.10. The third-order valence-electron chi connectivity index (χ3n) is 10.4. The summed E-state index contributed by atoms with van der Waals surface area (Å²) in [5.41, 5.74) is 7.19. The Morgan fingerprint density at radius 2 is 1.04 bits per heavy atom. The zero-order valence-electron chi connectivity index (χ0n) is 26.7. The maximum Gasteiger partial charge on any atom is 0.147 e. The molecule has 0 aliphatic heterocycles. The smallest absolute Gasteiger partial charge is 0.147 e. The van der Waals surface area contributed by atoms with Crippen LogP contribution in [0, 0.1) is 0 Å². The largest absolute Gasteiger partial charge is 0.313 e. The molecule has 0 radical (unpaired) electrons. The Bertz CT molecular complexity index is 1940. The monoisotopic (exact) mass is 646 g/mol. The Hall–Kier alpha value is -4.02. The Morgan fingerprint density at radius 3 is 1.66 bits per heavy atom. The van der Waals surface area contributed by atoms with Gasteiger partial charge in [0.25, 0.3) is 0 Å². The predicted octanol–water partition coefficient (Wildman–Crippen LogP) is 8.78. The second-order valence-corrected chi connectivity index (χ2v) is 18.2. The van der Waals surface area contributed by atoms with E-state index in [1.54, 1.807) is 0 Å². The minimum Gasteiger partial charge on any atom is -0.313 e. The average molecular weight is 647 g/mol. The van der Waals surface area contributed by atoms with E-state index in [-0.39, 0.29) is 11.6 Å². The molecule has 0 amide bonds. The van der Waals surface area contributed by atoms with E-state index in [0.29, 0.717) is 0 Å². The molecule has 6 aromatic carbocycles. The first-order chi connectivity index (χ1) is 23.2. The van der Waals surface area contributed by atoms with Crippen LogP contribution in [0.2, 0.25) is 0 Å². The van der Waals surface area contributed by atoms with Crippen LogP contribution in [0.3, 0.4) is 0 Å². The zero-order valence-corrected chi connectivity index (χ0v) is 28.5. The fourth-order valence-electron chi connectivity index (χ4n) is 8.28. The van der Waals surface area contributed by atoms with Crippen LogP contribution in [0.15, 0.2) is 158 Å². The minimum atomic E-state index is -3.10. The summed E-state index contributed by atoms with van der Waals surface area (Å²) in [6.07, 6.45) is 6.46. The topological polar surface area (TPSA) is 17.1 Å². The lowest BCUT2D eigenvalue weighted by Crippen LogP contribution is -2.38.